The van der Waals surface area contributed by atoms with E-state index in [0.29, 0.717) is 11.1 Å². The van der Waals surface area contributed by atoms with Crippen LogP contribution in [0, 0.1) is 11.3 Å². The van der Waals surface area contributed by atoms with Gasteiger partial charge in [-0.25, -0.2) is 10.4 Å². The van der Waals surface area contributed by atoms with Crippen molar-refractivity contribution in [1.82, 2.24) is 14.9 Å². The van der Waals surface area contributed by atoms with Crippen LogP contribution < -0.4 is 11.0 Å². The lowest BCUT2D eigenvalue weighted by Crippen LogP contribution is -2.21. The third kappa shape index (κ3) is 4.54. The van der Waals surface area contributed by atoms with Gasteiger partial charge >= 0.3 is 0 Å². The number of nitrogens with zero attached hydrogens (tertiary/aromatic N) is 4. The first kappa shape index (κ1) is 19.5. The summed E-state index contributed by atoms with van der Waals surface area (Å²) in [5.74, 6) is 0.0305. The average molecular weight is 386 g/mol. The molecule has 3 rings (SSSR count). The molecule has 0 bridgehead atoms. The van der Waals surface area contributed by atoms with E-state index in [1.54, 1.807) is 62.6 Å². The highest BCUT2D eigenvalue weighted by Gasteiger charge is 2.12. The van der Waals surface area contributed by atoms with Gasteiger partial charge in [-0.1, -0.05) is 42.5 Å². The Morgan fingerprint density at radius 3 is 2.48 bits per heavy atom. The molecule has 2 N–H and O–H groups in total. The molecule has 0 aliphatic carbocycles. The Kier molecular flexibility index (Phi) is 5.80. The predicted molar refractivity (Wildman–Crippen MR) is 111 cm³/mol. The van der Waals surface area contributed by atoms with Crippen LogP contribution in [0.15, 0.2) is 64.5 Å². The van der Waals surface area contributed by atoms with E-state index in [1.165, 1.54) is 11.1 Å². The molecule has 0 saturated carbocycles. The highest BCUT2D eigenvalue weighted by molar-refractivity contribution is 5.94. The number of hydrazone groups is 1. The standard InChI is InChI=1S/C21H18N6O2/c1-27(2)20(29)16-10-8-14(9-11-16)13-23-26-21-24-18(15-6-4-3-5-7-15)17(12-22)19(28)25-21/h3-11,13H,1-2H3,(H2,24,25,26,28). The average Bonchev–Trinajstić information content (AvgIpc) is 2.74. The quantitative estimate of drug-likeness (QED) is 0.516. The van der Waals surface area contributed by atoms with Gasteiger partial charge in [-0.05, 0) is 17.7 Å². The van der Waals surface area contributed by atoms with E-state index >= 15 is 0 Å². The van der Waals surface area contributed by atoms with Gasteiger partial charge < -0.3 is 4.90 Å². The van der Waals surface area contributed by atoms with Crippen LogP contribution in [-0.2, 0) is 0 Å². The summed E-state index contributed by atoms with van der Waals surface area (Å²) in [4.78, 5) is 32.4. The molecule has 0 spiro atoms. The van der Waals surface area contributed by atoms with Crippen molar-refractivity contribution in [1.29, 1.82) is 5.26 Å². The number of anilines is 1. The van der Waals surface area contributed by atoms with Crippen LogP contribution in [0.25, 0.3) is 11.3 Å². The van der Waals surface area contributed by atoms with Crippen molar-refractivity contribution in [2.45, 2.75) is 0 Å². The highest BCUT2D eigenvalue weighted by atomic mass is 16.2. The molecule has 2 aromatic carbocycles. The molecule has 1 aromatic heterocycles. The van der Waals surface area contributed by atoms with Crippen LogP contribution in [0.4, 0.5) is 5.95 Å². The first-order valence-electron chi connectivity index (χ1n) is 8.70. The van der Waals surface area contributed by atoms with E-state index in [0.717, 1.165) is 5.56 Å². The van der Waals surface area contributed by atoms with Crippen molar-refractivity contribution in [3.8, 4) is 17.3 Å². The second-order valence-corrected chi connectivity index (χ2v) is 6.31. The summed E-state index contributed by atoms with van der Waals surface area (Å²) in [5, 5.41) is 13.4. The number of rotatable bonds is 5. The van der Waals surface area contributed by atoms with Crippen LogP contribution in [0.3, 0.4) is 0 Å². The molecule has 29 heavy (non-hydrogen) atoms. The molecule has 144 valence electrons. The summed E-state index contributed by atoms with van der Waals surface area (Å²) in [6, 6.07) is 17.8. The van der Waals surface area contributed by atoms with Crippen LogP contribution in [0.2, 0.25) is 0 Å². The molecule has 0 aliphatic rings. The summed E-state index contributed by atoms with van der Waals surface area (Å²) in [5.41, 5.74) is 4.32. The Hall–Kier alpha value is -4.25. The lowest BCUT2D eigenvalue weighted by molar-refractivity contribution is 0.0827. The second kappa shape index (κ2) is 8.63. The maximum atomic E-state index is 12.2. The molecular weight excluding hydrogens is 368 g/mol. The van der Waals surface area contributed by atoms with Gasteiger partial charge in [0.15, 0.2) is 0 Å². The minimum absolute atomic E-state index is 0.0631. The van der Waals surface area contributed by atoms with Crippen LogP contribution in [-0.4, -0.2) is 41.1 Å². The Labute approximate surface area is 167 Å². The summed E-state index contributed by atoms with van der Waals surface area (Å²) < 4.78 is 0. The number of benzene rings is 2. The Morgan fingerprint density at radius 2 is 1.86 bits per heavy atom. The fraction of sp³-hybridized carbons (Fsp3) is 0.0952. The largest absolute Gasteiger partial charge is 0.345 e. The van der Waals surface area contributed by atoms with Gasteiger partial charge in [0.05, 0.1) is 11.9 Å². The zero-order valence-corrected chi connectivity index (χ0v) is 15.9. The minimum Gasteiger partial charge on any atom is -0.345 e. The van der Waals surface area contributed by atoms with Crippen LogP contribution in [0.1, 0.15) is 21.5 Å². The third-order valence-corrected chi connectivity index (χ3v) is 4.03. The molecule has 8 heteroatoms. The van der Waals surface area contributed by atoms with E-state index in [1.807, 2.05) is 12.1 Å². The number of aromatic amines is 1. The maximum Gasteiger partial charge on any atom is 0.270 e. The van der Waals surface area contributed by atoms with Crippen molar-refractivity contribution in [2.24, 2.45) is 5.10 Å². The smallest absolute Gasteiger partial charge is 0.270 e. The van der Waals surface area contributed by atoms with Crippen LogP contribution in [0.5, 0.6) is 0 Å². The number of carbonyl (C=O) groups excluding carboxylic acids is 1. The van der Waals surface area contributed by atoms with Crippen molar-refractivity contribution in [3.63, 3.8) is 0 Å². The van der Waals surface area contributed by atoms with Gasteiger partial charge in [0.2, 0.25) is 5.95 Å². The number of hydrogen-bond acceptors (Lipinski definition) is 6. The Balaban J connectivity index is 1.81. The zero-order valence-electron chi connectivity index (χ0n) is 15.9. The molecule has 0 aliphatic heterocycles. The fourth-order valence-corrected chi connectivity index (χ4v) is 2.57. The molecule has 0 unspecified atom stereocenters. The third-order valence-electron chi connectivity index (χ3n) is 4.03. The van der Waals surface area contributed by atoms with Gasteiger partial charge in [-0.3, -0.25) is 14.6 Å². The lowest BCUT2D eigenvalue weighted by Gasteiger charge is -2.09. The molecule has 8 nitrogen and oxygen atoms in total. The topological polar surface area (TPSA) is 114 Å². The molecule has 0 fully saturated rings. The van der Waals surface area contributed by atoms with Gasteiger partial charge in [0.25, 0.3) is 11.5 Å². The van der Waals surface area contributed by atoms with Gasteiger partial charge in [-0.2, -0.15) is 10.4 Å². The monoisotopic (exact) mass is 386 g/mol. The lowest BCUT2D eigenvalue weighted by atomic mass is 10.1. The SMILES string of the molecule is CN(C)C(=O)c1ccc(C=NNc2nc(-c3ccccc3)c(C#N)c(=O)[nH]2)cc1. The van der Waals surface area contributed by atoms with E-state index < -0.39 is 5.56 Å². The molecule has 1 heterocycles. The number of hydrogen-bond donors (Lipinski definition) is 2. The van der Waals surface area contributed by atoms with Gasteiger partial charge in [0.1, 0.15) is 11.6 Å². The van der Waals surface area contributed by atoms with E-state index in [9.17, 15) is 14.9 Å². The molecular formula is C21H18N6O2. The van der Waals surface area contributed by atoms with E-state index in [2.05, 4.69) is 20.5 Å². The summed E-state index contributed by atoms with van der Waals surface area (Å²) in [6.45, 7) is 0. The summed E-state index contributed by atoms with van der Waals surface area (Å²) in [7, 11) is 3.38. The number of nitrogens with one attached hydrogen (secondary N) is 2. The summed E-state index contributed by atoms with van der Waals surface area (Å²) >= 11 is 0. The predicted octanol–water partition coefficient (Wildman–Crippen LogP) is 2.46. The van der Waals surface area contributed by atoms with E-state index in [4.69, 9.17) is 0 Å². The fourth-order valence-electron chi connectivity index (χ4n) is 2.57. The van der Waals surface area contributed by atoms with Gasteiger partial charge in [-0.15, -0.1) is 0 Å². The Morgan fingerprint density at radius 1 is 1.17 bits per heavy atom. The number of carbonyl (C=O) groups is 1. The Bertz CT molecular complexity index is 1140. The van der Waals surface area contributed by atoms with Crippen molar-refractivity contribution in [2.75, 3.05) is 19.5 Å². The second-order valence-electron chi connectivity index (χ2n) is 6.31. The van der Waals surface area contributed by atoms with Gasteiger partial charge in [0, 0.05) is 25.2 Å². The van der Waals surface area contributed by atoms with Crippen molar-refractivity contribution in [3.05, 3.63) is 81.6 Å². The molecule has 0 radical (unpaired) electrons. The van der Waals surface area contributed by atoms with Crippen LogP contribution >= 0.6 is 0 Å². The molecule has 0 atom stereocenters. The highest BCUT2D eigenvalue weighted by Crippen LogP contribution is 2.19. The molecule has 0 saturated heterocycles. The maximum absolute atomic E-state index is 12.2. The van der Waals surface area contributed by atoms with E-state index in [-0.39, 0.29) is 23.1 Å². The first-order valence-corrected chi connectivity index (χ1v) is 8.70. The zero-order chi connectivity index (χ0) is 20.8. The summed E-state index contributed by atoms with van der Waals surface area (Å²) in [6.07, 6.45) is 1.53. The molecule has 1 amide bonds. The number of amides is 1. The number of nitriles is 1. The minimum atomic E-state index is -0.550. The number of aromatic nitrogens is 2. The normalized spacial score (nSPS) is 10.5. The van der Waals surface area contributed by atoms with Crippen molar-refractivity contribution < 1.29 is 4.79 Å². The van der Waals surface area contributed by atoms with Crippen molar-refractivity contribution >= 4 is 18.1 Å². The first-order chi connectivity index (χ1) is 14.0. The molecule has 3 aromatic rings. The number of H-pyrrole nitrogens is 1.